The minimum absolute atomic E-state index is 0. The van der Waals surface area contributed by atoms with Crippen molar-refractivity contribution >= 4 is 5.91 Å². The minimum Gasteiger partial charge on any atom is -1.00 e. The molecule has 0 atom stereocenters. The van der Waals surface area contributed by atoms with Gasteiger partial charge in [0.1, 0.15) is 0 Å². The van der Waals surface area contributed by atoms with E-state index >= 15 is 0 Å². The fourth-order valence-corrected chi connectivity index (χ4v) is 1.50. The summed E-state index contributed by atoms with van der Waals surface area (Å²) >= 11 is 0. The van der Waals surface area contributed by atoms with Crippen molar-refractivity contribution in [2.75, 3.05) is 34.0 Å². The average molecular weight is 304 g/mol. The number of methoxy groups -OCH3 is 2. The van der Waals surface area contributed by atoms with E-state index in [9.17, 15) is 4.79 Å². The van der Waals surface area contributed by atoms with Crippen LogP contribution < -0.4 is 32.9 Å². The lowest BCUT2D eigenvalue weighted by Crippen LogP contribution is -3.00. The summed E-state index contributed by atoms with van der Waals surface area (Å²) in [6.07, 6.45) is 0. The van der Waals surface area contributed by atoms with Crippen LogP contribution in [0.1, 0.15) is 5.56 Å². The van der Waals surface area contributed by atoms with Gasteiger partial charge in [-0.25, -0.2) is 0 Å². The molecule has 1 rings (SSSR count). The van der Waals surface area contributed by atoms with Crippen LogP contribution in [0, 0.1) is 0 Å². The summed E-state index contributed by atoms with van der Waals surface area (Å²) < 4.78 is 15.4. The number of carbonyl (C=O) groups is 1. The Morgan fingerprint density at radius 3 is 2.65 bits per heavy atom. The molecule has 7 heteroatoms. The Kier molecular flexibility index (Phi) is 9.53. The SMILES string of the molecule is COCCNCc1ccc(OCC(N)=O)c(OC)c1.[Cl-]. The van der Waals surface area contributed by atoms with Gasteiger partial charge < -0.3 is 37.7 Å². The van der Waals surface area contributed by atoms with Crippen LogP contribution in [-0.2, 0) is 16.1 Å². The lowest BCUT2D eigenvalue weighted by atomic mass is 10.2. The van der Waals surface area contributed by atoms with Crippen molar-refractivity contribution in [3.05, 3.63) is 23.8 Å². The van der Waals surface area contributed by atoms with E-state index in [1.165, 1.54) is 0 Å². The Balaban J connectivity index is 0.00000361. The monoisotopic (exact) mass is 303 g/mol. The van der Waals surface area contributed by atoms with Crippen LogP contribution in [0.3, 0.4) is 0 Å². The van der Waals surface area contributed by atoms with Gasteiger partial charge in [0.05, 0.1) is 13.7 Å². The highest BCUT2D eigenvalue weighted by Crippen LogP contribution is 2.27. The highest BCUT2D eigenvalue weighted by Gasteiger charge is 2.07. The van der Waals surface area contributed by atoms with Crippen LogP contribution in [0.15, 0.2) is 18.2 Å². The van der Waals surface area contributed by atoms with E-state index in [1.54, 1.807) is 20.3 Å². The number of hydrogen-bond acceptors (Lipinski definition) is 5. The summed E-state index contributed by atoms with van der Waals surface area (Å²) in [5, 5.41) is 3.23. The molecule has 0 saturated carbocycles. The number of primary amides is 1. The van der Waals surface area contributed by atoms with E-state index in [1.807, 2.05) is 12.1 Å². The average Bonchev–Trinajstić information content (AvgIpc) is 2.41. The summed E-state index contributed by atoms with van der Waals surface area (Å²) in [7, 11) is 3.21. The summed E-state index contributed by atoms with van der Waals surface area (Å²) in [5.41, 5.74) is 6.08. The third-order valence-electron chi connectivity index (χ3n) is 2.41. The van der Waals surface area contributed by atoms with Gasteiger partial charge in [0.25, 0.3) is 5.91 Å². The molecule has 0 spiro atoms. The predicted octanol–water partition coefficient (Wildman–Crippen LogP) is -2.70. The van der Waals surface area contributed by atoms with Crippen LogP contribution in [0.4, 0.5) is 0 Å². The molecule has 0 aliphatic carbocycles. The molecule has 0 bridgehead atoms. The lowest BCUT2D eigenvalue weighted by molar-refractivity contribution is -0.119. The number of nitrogens with two attached hydrogens (primary N) is 1. The van der Waals surface area contributed by atoms with Crippen molar-refractivity contribution < 1.29 is 31.4 Å². The van der Waals surface area contributed by atoms with Gasteiger partial charge in [-0.3, -0.25) is 4.79 Å². The van der Waals surface area contributed by atoms with E-state index in [0.717, 1.165) is 12.1 Å². The Labute approximate surface area is 125 Å². The Hall–Kier alpha value is -1.50. The fourth-order valence-electron chi connectivity index (χ4n) is 1.50. The van der Waals surface area contributed by atoms with E-state index in [-0.39, 0.29) is 19.0 Å². The van der Waals surface area contributed by atoms with E-state index in [0.29, 0.717) is 24.7 Å². The van der Waals surface area contributed by atoms with Crippen molar-refractivity contribution in [1.29, 1.82) is 0 Å². The number of rotatable bonds is 9. The van der Waals surface area contributed by atoms with Crippen molar-refractivity contribution in [2.45, 2.75) is 6.54 Å². The van der Waals surface area contributed by atoms with E-state index in [4.69, 9.17) is 19.9 Å². The second-order valence-electron chi connectivity index (χ2n) is 3.91. The van der Waals surface area contributed by atoms with Crippen molar-refractivity contribution in [1.82, 2.24) is 5.32 Å². The molecule has 0 unspecified atom stereocenters. The zero-order chi connectivity index (χ0) is 14.1. The van der Waals surface area contributed by atoms with Gasteiger partial charge in [-0.05, 0) is 17.7 Å². The van der Waals surface area contributed by atoms with E-state index in [2.05, 4.69) is 5.32 Å². The molecule has 1 aromatic carbocycles. The van der Waals surface area contributed by atoms with Gasteiger partial charge in [-0.15, -0.1) is 0 Å². The molecule has 0 aliphatic heterocycles. The maximum atomic E-state index is 10.7. The van der Waals surface area contributed by atoms with Gasteiger partial charge in [-0.2, -0.15) is 0 Å². The summed E-state index contributed by atoms with van der Waals surface area (Å²) in [6, 6.07) is 5.52. The largest absolute Gasteiger partial charge is 1.00 e. The zero-order valence-electron chi connectivity index (χ0n) is 11.6. The summed E-state index contributed by atoms with van der Waals surface area (Å²) in [4.78, 5) is 10.7. The van der Waals surface area contributed by atoms with Crippen LogP contribution in [0.2, 0.25) is 0 Å². The number of halogens is 1. The third-order valence-corrected chi connectivity index (χ3v) is 2.41. The maximum absolute atomic E-state index is 10.7. The molecule has 0 radical (unpaired) electrons. The van der Waals surface area contributed by atoms with Crippen LogP contribution >= 0.6 is 0 Å². The molecule has 0 aromatic heterocycles. The predicted molar refractivity (Wildman–Crippen MR) is 71.3 cm³/mol. The van der Waals surface area contributed by atoms with Gasteiger partial charge in [0.2, 0.25) is 0 Å². The van der Waals surface area contributed by atoms with E-state index < -0.39 is 5.91 Å². The number of hydrogen-bond donors (Lipinski definition) is 2. The van der Waals surface area contributed by atoms with Crippen molar-refractivity contribution in [3.63, 3.8) is 0 Å². The summed E-state index contributed by atoms with van der Waals surface area (Å²) in [6.45, 7) is 1.98. The highest BCUT2D eigenvalue weighted by atomic mass is 35.5. The van der Waals surface area contributed by atoms with Gasteiger partial charge in [0.15, 0.2) is 18.1 Å². The molecule has 0 fully saturated rings. The number of carbonyl (C=O) groups excluding carboxylic acids is 1. The fraction of sp³-hybridized carbons (Fsp3) is 0.462. The number of ether oxygens (including phenoxy) is 3. The topological polar surface area (TPSA) is 82.8 Å². The number of amides is 1. The molecule has 1 aromatic rings. The maximum Gasteiger partial charge on any atom is 0.255 e. The summed E-state index contributed by atoms with van der Waals surface area (Å²) in [5.74, 6) is 0.557. The zero-order valence-corrected chi connectivity index (χ0v) is 12.4. The molecule has 3 N–H and O–H groups in total. The molecule has 0 saturated heterocycles. The van der Waals surface area contributed by atoms with Crippen LogP contribution in [0.25, 0.3) is 0 Å². The number of benzene rings is 1. The quantitative estimate of drug-likeness (QED) is 0.485. The smallest absolute Gasteiger partial charge is 0.255 e. The third kappa shape index (κ3) is 6.60. The number of nitrogens with one attached hydrogen (secondary N) is 1. The molecule has 0 heterocycles. The molecular formula is C13H20ClN2O4-. The van der Waals surface area contributed by atoms with Crippen molar-refractivity contribution in [2.24, 2.45) is 5.73 Å². The first-order valence-corrected chi connectivity index (χ1v) is 5.95. The second-order valence-corrected chi connectivity index (χ2v) is 3.91. The van der Waals surface area contributed by atoms with Crippen molar-refractivity contribution in [3.8, 4) is 11.5 Å². The normalized spacial score (nSPS) is 9.70. The lowest BCUT2D eigenvalue weighted by Gasteiger charge is -2.11. The first kappa shape index (κ1) is 18.5. The van der Waals surface area contributed by atoms with Crippen LogP contribution in [0.5, 0.6) is 11.5 Å². The molecule has 114 valence electrons. The van der Waals surface area contributed by atoms with Gasteiger partial charge in [-0.1, -0.05) is 6.07 Å². The molecule has 0 aliphatic rings. The standard InChI is InChI=1S/C13H20N2O4.ClH/c1-17-6-5-15-8-10-3-4-11(12(7-10)18-2)19-9-13(14)16;/h3-4,7,15H,5-6,8-9H2,1-2H3,(H2,14,16);1H/p-1. The minimum atomic E-state index is -0.521. The Bertz CT molecular complexity index is 415. The molecule has 1 amide bonds. The van der Waals surface area contributed by atoms with Crippen LogP contribution in [-0.4, -0.2) is 39.9 Å². The Morgan fingerprint density at radius 1 is 1.30 bits per heavy atom. The highest BCUT2D eigenvalue weighted by molar-refractivity contribution is 5.75. The van der Waals surface area contributed by atoms with Gasteiger partial charge in [0, 0.05) is 20.2 Å². The molecular weight excluding hydrogens is 284 g/mol. The second kappa shape index (κ2) is 10.3. The van der Waals surface area contributed by atoms with Gasteiger partial charge >= 0.3 is 0 Å². The first-order chi connectivity index (χ1) is 9.17. The molecule has 20 heavy (non-hydrogen) atoms. The first-order valence-electron chi connectivity index (χ1n) is 5.95. The molecule has 6 nitrogen and oxygen atoms in total. The Morgan fingerprint density at radius 2 is 2.05 bits per heavy atom.